The molecule has 0 bridgehead atoms. The van der Waals surface area contributed by atoms with Crippen molar-refractivity contribution in [3.8, 4) is 0 Å². The number of aliphatic imine (C=N–C) groups is 1. The molecule has 0 fully saturated rings. The van der Waals surface area contributed by atoms with Gasteiger partial charge in [-0.25, -0.2) is 9.18 Å². The number of halogens is 2. The van der Waals surface area contributed by atoms with E-state index in [1.54, 1.807) is 6.07 Å². The van der Waals surface area contributed by atoms with Gasteiger partial charge in [-0.2, -0.15) is 0 Å². The van der Waals surface area contributed by atoms with Gasteiger partial charge in [0.05, 0.1) is 5.02 Å². The molecule has 1 heterocycles. The van der Waals surface area contributed by atoms with Crippen molar-refractivity contribution < 1.29 is 14.3 Å². The maximum Gasteiger partial charge on any atom is 0.329 e. The zero-order chi connectivity index (χ0) is 11.7. The van der Waals surface area contributed by atoms with Gasteiger partial charge in [-0.15, -0.1) is 11.8 Å². The molecule has 1 aliphatic heterocycles. The second-order valence-corrected chi connectivity index (χ2v) is 4.62. The number of hydrogen-bond acceptors (Lipinski definition) is 3. The van der Waals surface area contributed by atoms with Crippen molar-refractivity contribution in [2.75, 3.05) is 5.75 Å². The van der Waals surface area contributed by atoms with E-state index < -0.39 is 17.8 Å². The highest BCUT2D eigenvalue weighted by atomic mass is 35.5. The highest BCUT2D eigenvalue weighted by Gasteiger charge is 2.26. The summed E-state index contributed by atoms with van der Waals surface area (Å²) in [5.74, 6) is -1.22. The fourth-order valence-electron chi connectivity index (χ4n) is 1.32. The standard InChI is InChI=1S/C10H7ClFNO2S/c11-6-3-1-2-5(8(6)12)9-13-7(4-16-9)10(14)15/h1-3,7H,4H2,(H,14,15). The quantitative estimate of drug-likeness (QED) is 0.887. The van der Waals surface area contributed by atoms with Gasteiger partial charge in [0.2, 0.25) is 0 Å². The van der Waals surface area contributed by atoms with Gasteiger partial charge in [-0.05, 0) is 12.1 Å². The van der Waals surface area contributed by atoms with Gasteiger partial charge in [0.25, 0.3) is 0 Å². The van der Waals surface area contributed by atoms with Crippen LogP contribution in [0, 0.1) is 5.82 Å². The molecular formula is C10H7ClFNO2S. The Labute approximate surface area is 100 Å². The summed E-state index contributed by atoms with van der Waals surface area (Å²) in [6.07, 6.45) is 0. The van der Waals surface area contributed by atoms with E-state index in [0.717, 1.165) is 0 Å². The van der Waals surface area contributed by atoms with E-state index in [0.29, 0.717) is 10.8 Å². The molecule has 0 aromatic heterocycles. The topological polar surface area (TPSA) is 49.7 Å². The Bertz CT molecular complexity index is 478. The summed E-state index contributed by atoms with van der Waals surface area (Å²) in [6, 6.07) is 3.79. The Balaban J connectivity index is 2.36. The van der Waals surface area contributed by atoms with Gasteiger partial charge in [-0.1, -0.05) is 17.7 Å². The number of carboxylic acid groups (broad SMARTS) is 1. The van der Waals surface area contributed by atoms with Crippen molar-refractivity contribution in [1.29, 1.82) is 0 Å². The minimum atomic E-state index is -0.995. The van der Waals surface area contributed by atoms with Gasteiger partial charge in [0.1, 0.15) is 5.04 Å². The lowest BCUT2D eigenvalue weighted by Gasteiger charge is -2.02. The molecule has 0 aliphatic carbocycles. The smallest absolute Gasteiger partial charge is 0.329 e. The average molecular weight is 260 g/mol. The lowest BCUT2D eigenvalue weighted by atomic mass is 10.2. The summed E-state index contributed by atoms with van der Waals surface area (Å²) >= 11 is 6.86. The van der Waals surface area contributed by atoms with Gasteiger partial charge < -0.3 is 5.11 Å². The maximum absolute atomic E-state index is 13.6. The molecule has 1 aromatic carbocycles. The number of carboxylic acids is 1. The molecule has 16 heavy (non-hydrogen) atoms. The fourth-order valence-corrected chi connectivity index (χ4v) is 2.54. The number of aliphatic carboxylic acids is 1. The summed E-state index contributed by atoms with van der Waals surface area (Å²) in [5.41, 5.74) is 0.265. The molecule has 1 unspecified atom stereocenters. The molecule has 0 saturated carbocycles. The number of carbonyl (C=O) groups is 1. The van der Waals surface area contributed by atoms with Crippen LogP contribution in [-0.2, 0) is 4.79 Å². The summed E-state index contributed by atoms with van der Waals surface area (Å²) in [7, 11) is 0. The average Bonchev–Trinajstić information content (AvgIpc) is 2.71. The Kier molecular flexibility index (Phi) is 3.16. The third kappa shape index (κ3) is 2.05. The minimum absolute atomic E-state index is 0.0135. The van der Waals surface area contributed by atoms with Gasteiger partial charge in [0, 0.05) is 11.3 Å². The van der Waals surface area contributed by atoms with Crippen LogP contribution >= 0.6 is 23.4 Å². The molecule has 1 aromatic rings. The van der Waals surface area contributed by atoms with Crippen molar-refractivity contribution >= 4 is 34.4 Å². The normalized spacial score (nSPS) is 19.6. The molecule has 2 rings (SSSR count). The van der Waals surface area contributed by atoms with Crippen molar-refractivity contribution in [3.63, 3.8) is 0 Å². The van der Waals surface area contributed by atoms with Crippen LogP contribution in [0.25, 0.3) is 0 Å². The lowest BCUT2D eigenvalue weighted by Crippen LogP contribution is -2.17. The van der Waals surface area contributed by atoms with Crippen LogP contribution in [-0.4, -0.2) is 27.9 Å². The van der Waals surface area contributed by atoms with Crippen LogP contribution in [0.3, 0.4) is 0 Å². The van der Waals surface area contributed by atoms with Gasteiger partial charge in [0.15, 0.2) is 11.9 Å². The number of hydrogen-bond donors (Lipinski definition) is 1. The zero-order valence-corrected chi connectivity index (χ0v) is 9.56. The molecular weight excluding hydrogens is 253 g/mol. The molecule has 1 atom stereocenters. The van der Waals surface area contributed by atoms with E-state index in [9.17, 15) is 9.18 Å². The molecule has 0 amide bonds. The second kappa shape index (κ2) is 4.43. The monoisotopic (exact) mass is 259 g/mol. The predicted molar refractivity (Wildman–Crippen MR) is 61.8 cm³/mol. The molecule has 1 N–H and O–H groups in total. The Morgan fingerprint density at radius 2 is 2.38 bits per heavy atom. The van der Waals surface area contributed by atoms with Crippen molar-refractivity contribution in [2.45, 2.75) is 6.04 Å². The first-order valence-electron chi connectivity index (χ1n) is 4.47. The summed E-state index contributed by atoms with van der Waals surface area (Å²) in [6.45, 7) is 0. The largest absolute Gasteiger partial charge is 0.480 e. The Morgan fingerprint density at radius 1 is 1.62 bits per heavy atom. The fraction of sp³-hybridized carbons (Fsp3) is 0.200. The third-order valence-electron chi connectivity index (χ3n) is 2.12. The Morgan fingerprint density at radius 3 is 3.00 bits per heavy atom. The highest BCUT2D eigenvalue weighted by molar-refractivity contribution is 8.14. The minimum Gasteiger partial charge on any atom is -0.480 e. The predicted octanol–water partition coefficient (Wildman–Crippen LogP) is 2.43. The SMILES string of the molecule is O=C(O)C1CSC(c2cccc(Cl)c2F)=N1. The van der Waals surface area contributed by atoms with E-state index >= 15 is 0 Å². The van der Waals surface area contributed by atoms with Crippen LogP contribution < -0.4 is 0 Å². The van der Waals surface area contributed by atoms with E-state index in [1.807, 2.05) is 0 Å². The van der Waals surface area contributed by atoms with Crippen molar-refractivity contribution in [2.24, 2.45) is 4.99 Å². The molecule has 84 valence electrons. The van der Waals surface area contributed by atoms with E-state index in [2.05, 4.69) is 4.99 Å². The number of benzene rings is 1. The van der Waals surface area contributed by atoms with Crippen LogP contribution in [0.4, 0.5) is 4.39 Å². The third-order valence-corrected chi connectivity index (χ3v) is 3.49. The lowest BCUT2D eigenvalue weighted by molar-refractivity contribution is -0.137. The maximum atomic E-state index is 13.6. The van der Waals surface area contributed by atoms with E-state index in [-0.39, 0.29) is 10.6 Å². The molecule has 3 nitrogen and oxygen atoms in total. The van der Waals surface area contributed by atoms with E-state index in [4.69, 9.17) is 16.7 Å². The zero-order valence-electron chi connectivity index (χ0n) is 7.98. The van der Waals surface area contributed by atoms with Crippen LogP contribution in [0.1, 0.15) is 5.56 Å². The first kappa shape index (κ1) is 11.4. The van der Waals surface area contributed by atoms with Gasteiger partial charge >= 0.3 is 5.97 Å². The molecule has 0 spiro atoms. The summed E-state index contributed by atoms with van der Waals surface area (Å²) < 4.78 is 13.6. The highest BCUT2D eigenvalue weighted by Crippen LogP contribution is 2.27. The van der Waals surface area contributed by atoms with Crippen LogP contribution in [0.15, 0.2) is 23.2 Å². The first-order chi connectivity index (χ1) is 7.59. The molecule has 0 saturated heterocycles. The van der Waals surface area contributed by atoms with Crippen LogP contribution in [0.2, 0.25) is 5.02 Å². The van der Waals surface area contributed by atoms with Gasteiger partial charge in [-0.3, -0.25) is 4.99 Å². The summed E-state index contributed by atoms with van der Waals surface area (Å²) in [4.78, 5) is 14.6. The molecule has 6 heteroatoms. The number of rotatable bonds is 2. The molecule has 0 radical (unpaired) electrons. The summed E-state index contributed by atoms with van der Waals surface area (Å²) in [5, 5.41) is 9.17. The Hall–Kier alpha value is -1.07. The molecule has 1 aliphatic rings. The van der Waals surface area contributed by atoms with Crippen LogP contribution in [0.5, 0.6) is 0 Å². The van der Waals surface area contributed by atoms with Crippen molar-refractivity contribution in [1.82, 2.24) is 0 Å². The number of nitrogens with zero attached hydrogens (tertiary/aromatic N) is 1. The van der Waals surface area contributed by atoms with Crippen molar-refractivity contribution in [3.05, 3.63) is 34.6 Å². The first-order valence-corrected chi connectivity index (χ1v) is 5.83. The number of thioether (sulfide) groups is 1. The van der Waals surface area contributed by atoms with E-state index in [1.165, 1.54) is 23.9 Å². The second-order valence-electron chi connectivity index (χ2n) is 3.20.